The fourth-order valence-corrected chi connectivity index (χ4v) is 3.25. The Morgan fingerprint density at radius 2 is 2.30 bits per heavy atom. The van der Waals surface area contributed by atoms with Crippen LogP contribution in [0.4, 0.5) is 0 Å². The maximum absolute atomic E-state index is 12.5. The molecule has 0 radical (unpaired) electrons. The first-order chi connectivity index (χ1) is 11.1. The Balaban J connectivity index is 1.71. The molecule has 1 aliphatic rings. The zero-order valence-electron chi connectivity index (χ0n) is 13.5. The number of carbonyl (C=O) groups excluding carboxylic acids is 1. The SMILES string of the molecule is CCn1cc(C(=O)N[C@@H]2CCC[C@@H](n3ccnc3)[C@@H]2O)c(C)n1. The number of nitrogens with zero attached hydrogens (tertiary/aromatic N) is 4. The summed E-state index contributed by atoms with van der Waals surface area (Å²) >= 11 is 0. The summed E-state index contributed by atoms with van der Waals surface area (Å²) in [6, 6.07) is -0.302. The van der Waals surface area contributed by atoms with Gasteiger partial charge in [0.05, 0.1) is 35.8 Å². The molecule has 0 saturated heterocycles. The Hall–Kier alpha value is -2.15. The highest BCUT2D eigenvalue weighted by Crippen LogP contribution is 2.29. The molecule has 0 aliphatic heterocycles. The lowest BCUT2D eigenvalue weighted by Crippen LogP contribution is -2.49. The van der Waals surface area contributed by atoms with Crippen LogP contribution in [0.15, 0.2) is 24.9 Å². The number of imidazole rings is 1. The van der Waals surface area contributed by atoms with Gasteiger partial charge in [-0.05, 0) is 33.1 Å². The van der Waals surface area contributed by atoms with Gasteiger partial charge in [-0.2, -0.15) is 5.10 Å². The van der Waals surface area contributed by atoms with Crippen molar-refractivity contribution in [2.24, 2.45) is 0 Å². The summed E-state index contributed by atoms with van der Waals surface area (Å²) in [6.07, 6.45) is 9.03. The smallest absolute Gasteiger partial charge is 0.255 e. The minimum Gasteiger partial charge on any atom is -0.389 e. The summed E-state index contributed by atoms with van der Waals surface area (Å²) in [7, 11) is 0. The number of aliphatic hydroxyl groups excluding tert-OH is 1. The molecule has 0 aromatic carbocycles. The van der Waals surface area contributed by atoms with E-state index in [1.54, 1.807) is 23.4 Å². The van der Waals surface area contributed by atoms with Crippen molar-refractivity contribution in [1.82, 2.24) is 24.6 Å². The maximum Gasteiger partial charge on any atom is 0.255 e. The summed E-state index contributed by atoms with van der Waals surface area (Å²) in [5, 5.41) is 17.9. The van der Waals surface area contributed by atoms with Crippen LogP contribution < -0.4 is 5.32 Å². The molecule has 3 atom stereocenters. The molecule has 3 rings (SSSR count). The third kappa shape index (κ3) is 3.14. The van der Waals surface area contributed by atoms with Gasteiger partial charge in [0.2, 0.25) is 0 Å². The van der Waals surface area contributed by atoms with Crippen molar-refractivity contribution in [2.45, 2.75) is 57.8 Å². The van der Waals surface area contributed by atoms with E-state index in [-0.39, 0.29) is 18.0 Å². The second-order valence-electron chi connectivity index (χ2n) is 6.06. The van der Waals surface area contributed by atoms with Gasteiger partial charge in [0, 0.05) is 25.1 Å². The van der Waals surface area contributed by atoms with E-state index >= 15 is 0 Å². The van der Waals surface area contributed by atoms with Crippen LogP contribution in [-0.4, -0.2) is 42.5 Å². The molecule has 2 N–H and O–H groups in total. The van der Waals surface area contributed by atoms with Crippen molar-refractivity contribution >= 4 is 5.91 Å². The summed E-state index contributed by atoms with van der Waals surface area (Å²) in [6.45, 7) is 4.53. The number of carbonyl (C=O) groups is 1. The monoisotopic (exact) mass is 317 g/mol. The first-order valence-electron chi connectivity index (χ1n) is 8.10. The van der Waals surface area contributed by atoms with Crippen molar-refractivity contribution in [3.05, 3.63) is 36.2 Å². The third-order valence-electron chi connectivity index (χ3n) is 4.56. The Labute approximate surface area is 135 Å². The van der Waals surface area contributed by atoms with Gasteiger partial charge in [0.15, 0.2) is 0 Å². The van der Waals surface area contributed by atoms with Crippen LogP contribution in [-0.2, 0) is 6.54 Å². The number of aromatic nitrogens is 4. The van der Waals surface area contributed by atoms with E-state index in [1.807, 2.05) is 24.6 Å². The third-order valence-corrected chi connectivity index (χ3v) is 4.56. The molecule has 0 unspecified atom stereocenters. The highest BCUT2D eigenvalue weighted by molar-refractivity contribution is 5.95. The van der Waals surface area contributed by atoms with E-state index < -0.39 is 6.10 Å². The molecular formula is C16H23N5O2. The van der Waals surface area contributed by atoms with Crippen LogP contribution in [0.1, 0.15) is 48.3 Å². The molecule has 1 aliphatic carbocycles. The van der Waals surface area contributed by atoms with Gasteiger partial charge in [-0.25, -0.2) is 4.98 Å². The second-order valence-corrected chi connectivity index (χ2v) is 6.06. The lowest BCUT2D eigenvalue weighted by Gasteiger charge is -2.35. The molecule has 7 heteroatoms. The van der Waals surface area contributed by atoms with Crippen molar-refractivity contribution in [3.63, 3.8) is 0 Å². The quantitative estimate of drug-likeness (QED) is 0.890. The lowest BCUT2D eigenvalue weighted by molar-refractivity contribution is 0.0398. The highest BCUT2D eigenvalue weighted by Gasteiger charge is 2.34. The molecule has 2 aromatic rings. The van der Waals surface area contributed by atoms with Crippen molar-refractivity contribution in [1.29, 1.82) is 0 Å². The Bertz CT molecular complexity index is 664. The van der Waals surface area contributed by atoms with Gasteiger partial charge in [-0.3, -0.25) is 9.48 Å². The zero-order chi connectivity index (χ0) is 16.4. The van der Waals surface area contributed by atoms with Crippen LogP contribution in [0.25, 0.3) is 0 Å². The second kappa shape index (κ2) is 6.54. The molecule has 2 heterocycles. The van der Waals surface area contributed by atoms with E-state index in [4.69, 9.17) is 0 Å². The first-order valence-corrected chi connectivity index (χ1v) is 8.10. The lowest BCUT2D eigenvalue weighted by atomic mass is 9.87. The molecule has 1 amide bonds. The average molecular weight is 317 g/mol. The standard InChI is InChI=1S/C16H23N5O2/c1-3-21-9-12(11(2)19-21)16(23)18-13-5-4-6-14(15(13)22)20-8-7-17-10-20/h7-10,13-15,22H,3-6H2,1-2H3,(H,18,23)/t13-,14-,15-/m1/s1. The van der Waals surface area contributed by atoms with Crippen LogP contribution >= 0.6 is 0 Å². The highest BCUT2D eigenvalue weighted by atomic mass is 16.3. The number of aliphatic hydroxyl groups is 1. The van der Waals surface area contributed by atoms with Gasteiger partial charge in [0.1, 0.15) is 0 Å². The van der Waals surface area contributed by atoms with Gasteiger partial charge in [-0.1, -0.05) is 0 Å². The largest absolute Gasteiger partial charge is 0.389 e. The minimum atomic E-state index is -0.622. The van der Waals surface area contributed by atoms with E-state index in [1.165, 1.54) is 0 Å². The summed E-state index contributed by atoms with van der Waals surface area (Å²) in [4.78, 5) is 16.5. The van der Waals surface area contributed by atoms with Gasteiger partial charge in [0.25, 0.3) is 5.91 Å². The van der Waals surface area contributed by atoms with E-state index in [0.29, 0.717) is 11.3 Å². The summed E-state index contributed by atoms with van der Waals surface area (Å²) in [5.74, 6) is -0.169. The molecule has 1 fully saturated rings. The molecule has 7 nitrogen and oxygen atoms in total. The number of rotatable bonds is 4. The van der Waals surface area contributed by atoms with E-state index in [0.717, 1.165) is 25.8 Å². The van der Waals surface area contributed by atoms with E-state index in [2.05, 4.69) is 15.4 Å². The van der Waals surface area contributed by atoms with Gasteiger partial charge < -0.3 is 15.0 Å². The number of hydrogen-bond acceptors (Lipinski definition) is 4. The Kier molecular flexibility index (Phi) is 4.47. The molecule has 1 saturated carbocycles. The number of nitrogens with one attached hydrogen (secondary N) is 1. The van der Waals surface area contributed by atoms with Crippen LogP contribution in [0.3, 0.4) is 0 Å². The van der Waals surface area contributed by atoms with Crippen molar-refractivity contribution in [3.8, 4) is 0 Å². The molecule has 23 heavy (non-hydrogen) atoms. The Morgan fingerprint density at radius 3 is 2.96 bits per heavy atom. The maximum atomic E-state index is 12.5. The number of aryl methyl sites for hydroxylation is 2. The normalized spacial score (nSPS) is 24.6. The number of amides is 1. The summed E-state index contributed by atoms with van der Waals surface area (Å²) < 4.78 is 3.67. The fourth-order valence-electron chi connectivity index (χ4n) is 3.25. The average Bonchev–Trinajstić information content (AvgIpc) is 3.18. The predicted molar refractivity (Wildman–Crippen MR) is 85.0 cm³/mol. The summed E-state index contributed by atoms with van der Waals surface area (Å²) in [5.41, 5.74) is 1.28. The number of hydrogen-bond donors (Lipinski definition) is 2. The molecule has 0 spiro atoms. The molecule has 0 bridgehead atoms. The van der Waals surface area contributed by atoms with Gasteiger partial charge in [-0.15, -0.1) is 0 Å². The fraction of sp³-hybridized carbons (Fsp3) is 0.562. The molecule has 124 valence electrons. The topological polar surface area (TPSA) is 85.0 Å². The van der Waals surface area contributed by atoms with Gasteiger partial charge >= 0.3 is 0 Å². The van der Waals surface area contributed by atoms with Crippen LogP contribution in [0, 0.1) is 6.92 Å². The minimum absolute atomic E-state index is 0.0454. The van der Waals surface area contributed by atoms with Crippen LogP contribution in [0.5, 0.6) is 0 Å². The van der Waals surface area contributed by atoms with Crippen molar-refractivity contribution in [2.75, 3.05) is 0 Å². The molecule has 2 aromatic heterocycles. The zero-order valence-corrected chi connectivity index (χ0v) is 13.5. The first kappa shape index (κ1) is 15.7. The van der Waals surface area contributed by atoms with Crippen LogP contribution in [0.2, 0.25) is 0 Å². The molecular weight excluding hydrogens is 294 g/mol. The van der Waals surface area contributed by atoms with E-state index in [9.17, 15) is 9.90 Å². The van der Waals surface area contributed by atoms with Crippen molar-refractivity contribution < 1.29 is 9.90 Å². The Morgan fingerprint density at radius 1 is 1.48 bits per heavy atom. The predicted octanol–water partition coefficient (Wildman–Crippen LogP) is 1.29.